The Morgan fingerprint density at radius 1 is 1.50 bits per heavy atom. The third-order valence-corrected chi connectivity index (χ3v) is 4.20. The van der Waals surface area contributed by atoms with Gasteiger partial charge in [-0.3, -0.25) is 4.79 Å². The lowest BCUT2D eigenvalue weighted by Crippen LogP contribution is -2.47. The zero-order valence-corrected chi connectivity index (χ0v) is 13.4. The largest absolute Gasteiger partial charge is 0.384 e. The van der Waals surface area contributed by atoms with Gasteiger partial charge in [-0.15, -0.1) is 0 Å². The van der Waals surface area contributed by atoms with Gasteiger partial charge in [-0.1, -0.05) is 0 Å². The Labute approximate surface area is 127 Å². The van der Waals surface area contributed by atoms with Gasteiger partial charge in [0.05, 0.1) is 23.4 Å². The molecule has 6 heteroatoms. The van der Waals surface area contributed by atoms with E-state index in [0.717, 1.165) is 41.9 Å². The van der Waals surface area contributed by atoms with Crippen molar-refractivity contribution in [1.29, 1.82) is 0 Å². The molecule has 0 bridgehead atoms. The second-order valence-corrected chi connectivity index (χ2v) is 6.00. The SMILES string of the molecule is COCC1(C(=O)Nc2ccc(Br)nc2C)CCNCC1. The van der Waals surface area contributed by atoms with Crippen LogP contribution < -0.4 is 10.6 Å². The molecule has 0 aromatic carbocycles. The van der Waals surface area contributed by atoms with E-state index in [-0.39, 0.29) is 5.91 Å². The summed E-state index contributed by atoms with van der Waals surface area (Å²) in [5.41, 5.74) is 1.11. The van der Waals surface area contributed by atoms with Crippen LogP contribution in [0.1, 0.15) is 18.5 Å². The number of carbonyl (C=O) groups excluding carboxylic acids is 1. The number of nitrogens with zero attached hydrogens (tertiary/aromatic N) is 1. The number of hydrogen-bond acceptors (Lipinski definition) is 4. The summed E-state index contributed by atoms with van der Waals surface area (Å²) in [5, 5.41) is 6.28. The minimum atomic E-state index is -0.445. The van der Waals surface area contributed by atoms with E-state index in [0.29, 0.717) is 6.61 Å². The van der Waals surface area contributed by atoms with Crippen LogP contribution in [-0.4, -0.2) is 37.7 Å². The molecule has 1 fully saturated rings. The van der Waals surface area contributed by atoms with Gasteiger partial charge in [0.1, 0.15) is 4.60 Å². The number of anilines is 1. The van der Waals surface area contributed by atoms with E-state index in [9.17, 15) is 4.79 Å². The van der Waals surface area contributed by atoms with Crippen molar-refractivity contribution in [3.05, 3.63) is 22.4 Å². The van der Waals surface area contributed by atoms with Crippen molar-refractivity contribution in [2.45, 2.75) is 19.8 Å². The van der Waals surface area contributed by atoms with Crippen LogP contribution in [0.15, 0.2) is 16.7 Å². The summed E-state index contributed by atoms with van der Waals surface area (Å²) in [5.74, 6) is 0.0214. The van der Waals surface area contributed by atoms with Crippen LogP contribution in [0.5, 0.6) is 0 Å². The van der Waals surface area contributed by atoms with Gasteiger partial charge in [0.25, 0.3) is 0 Å². The van der Waals surface area contributed by atoms with Crippen LogP contribution >= 0.6 is 15.9 Å². The van der Waals surface area contributed by atoms with Crippen LogP contribution in [0, 0.1) is 12.3 Å². The van der Waals surface area contributed by atoms with E-state index in [4.69, 9.17) is 4.74 Å². The molecule has 0 atom stereocenters. The first kappa shape index (κ1) is 15.4. The topological polar surface area (TPSA) is 63.2 Å². The molecule has 110 valence electrons. The number of aryl methyl sites for hydroxylation is 1. The van der Waals surface area contributed by atoms with E-state index in [2.05, 4.69) is 31.5 Å². The maximum absolute atomic E-state index is 12.7. The zero-order chi connectivity index (χ0) is 14.6. The van der Waals surface area contributed by atoms with Crippen LogP contribution in [0.25, 0.3) is 0 Å². The van der Waals surface area contributed by atoms with Gasteiger partial charge in [-0.05, 0) is 60.9 Å². The lowest BCUT2D eigenvalue weighted by atomic mass is 9.78. The van der Waals surface area contributed by atoms with Gasteiger partial charge >= 0.3 is 0 Å². The Balaban J connectivity index is 2.15. The highest BCUT2D eigenvalue weighted by Crippen LogP contribution is 2.31. The van der Waals surface area contributed by atoms with Crippen molar-refractivity contribution in [1.82, 2.24) is 10.3 Å². The van der Waals surface area contributed by atoms with E-state index >= 15 is 0 Å². The summed E-state index contributed by atoms with van der Waals surface area (Å²) in [7, 11) is 1.64. The summed E-state index contributed by atoms with van der Waals surface area (Å²) < 4.78 is 6.05. The molecule has 1 aliphatic heterocycles. The lowest BCUT2D eigenvalue weighted by molar-refractivity contribution is -0.130. The molecule has 0 radical (unpaired) electrons. The van der Waals surface area contributed by atoms with E-state index in [1.807, 2.05) is 19.1 Å². The predicted octanol–water partition coefficient (Wildman–Crippen LogP) is 2.11. The molecule has 1 aromatic rings. The van der Waals surface area contributed by atoms with Gasteiger partial charge in [-0.25, -0.2) is 4.98 Å². The summed E-state index contributed by atoms with van der Waals surface area (Å²) in [6.07, 6.45) is 1.57. The second kappa shape index (κ2) is 6.65. The number of rotatable bonds is 4. The second-order valence-electron chi connectivity index (χ2n) is 5.18. The van der Waals surface area contributed by atoms with Crippen molar-refractivity contribution in [3.8, 4) is 0 Å². The molecular formula is C14H20BrN3O2. The van der Waals surface area contributed by atoms with Gasteiger partial charge in [0, 0.05) is 7.11 Å². The molecule has 1 aliphatic rings. The number of aromatic nitrogens is 1. The summed E-state index contributed by atoms with van der Waals surface area (Å²) in [6, 6.07) is 3.69. The average Bonchev–Trinajstić information content (AvgIpc) is 2.43. The molecule has 5 nitrogen and oxygen atoms in total. The van der Waals surface area contributed by atoms with E-state index in [1.54, 1.807) is 7.11 Å². The van der Waals surface area contributed by atoms with Crippen LogP contribution in [-0.2, 0) is 9.53 Å². The Kier molecular flexibility index (Phi) is 5.12. The quantitative estimate of drug-likeness (QED) is 0.823. The highest BCUT2D eigenvalue weighted by Gasteiger charge is 2.39. The summed E-state index contributed by atoms with van der Waals surface area (Å²) in [6.45, 7) is 4.01. The molecule has 1 amide bonds. The number of carbonyl (C=O) groups is 1. The number of nitrogens with one attached hydrogen (secondary N) is 2. The van der Waals surface area contributed by atoms with Gasteiger partial charge in [-0.2, -0.15) is 0 Å². The fourth-order valence-corrected chi connectivity index (χ4v) is 2.93. The minimum absolute atomic E-state index is 0.0214. The highest BCUT2D eigenvalue weighted by molar-refractivity contribution is 9.10. The van der Waals surface area contributed by atoms with Crippen LogP contribution in [0.2, 0.25) is 0 Å². The van der Waals surface area contributed by atoms with Crippen molar-refractivity contribution >= 4 is 27.5 Å². The van der Waals surface area contributed by atoms with E-state index in [1.165, 1.54) is 0 Å². The number of ether oxygens (including phenoxy) is 1. The highest BCUT2D eigenvalue weighted by atomic mass is 79.9. The van der Waals surface area contributed by atoms with Crippen molar-refractivity contribution in [3.63, 3.8) is 0 Å². The van der Waals surface area contributed by atoms with Gasteiger partial charge in [0.15, 0.2) is 0 Å². The monoisotopic (exact) mass is 341 g/mol. The maximum atomic E-state index is 12.7. The third kappa shape index (κ3) is 3.37. The Morgan fingerprint density at radius 2 is 2.20 bits per heavy atom. The number of pyridine rings is 1. The first-order chi connectivity index (χ1) is 9.57. The third-order valence-electron chi connectivity index (χ3n) is 3.76. The normalized spacial score (nSPS) is 17.8. The number of methoxy groups -OCH3 is 1. The smallest absolute Gasteiger partial charge is 0.233 e. The van der Waals surface area contributed by atoms with Crippen molar-refractivity contribution in [2.75, 3.05) is 32.1 Å². The minimum Gasteiger partial charge on any atom is -0.384 e. The summed E-state index contributed by atoms with van der Waals surface area (Å²) >= 11 is 3.32. The standard InChI is InChI=1S/C14H20BrN3O2/c1-10-11(3-4-12(15)17-10)18-13(19)14(9-20-2)5-7-16-8-6-14/h3-4,16H,5-9H2,1-2H3,(H,18,19). The molecular weight excluding hydrogens is 322 g/mol. The molecule has 0 aliphatic carbocycles. The van der Waals surface area contributed by atoms with Crippen LogP contribution in [0.4, 0.5) is 5.69 Å². The Bertz CT molecular complexity index is 482. The molecule has 0 saturated carbocycles. The fraction of sp³-hybridized carbons (Fsp3) is 0.571. The molecule has 20 heavy (non-hydrogen) atoms. The maximum Gasteiger partial charge on any atom is 0.233 e. The molecule has 2 N–H and O–H groups in total. The lowest BCUT2D eigenvalue weighted by Gasteiger charge is -2.35. The molecule has 1 aromatic heterocycles. The molecule has 0 unspecified atom stereocenters. The number of amides is 1. The number of piperidine rings is 1. The van der Waals surface area contributed by atoms with E-state index < -0.39 is 5.41 Å². The Morgan fingerprint density at radius 3 is 2.80 bits per heavy atom. The Hall–Kier alpha value is -0.980. The molecule has 1 saturated heterocycles. The molecule has 2 heterocycles. The predicted molar refractivity (Wildman–Crippen MR) is 81.7 cm³/mol. The van der Waals surface area contributed by atoms with Crippen molar-refractivity contribution in [2.24, 2.45) is 5.41 Å². The van der Waals surface area contributed by atoms with Gasteiger partial charge < -0.3 is 15.4 Å². The van der Waals surface area contributed by atoms with Crippen molar-refractivity contribution < 1.29 is 9.53 Å². The molecule has 2 rings (SSSR count). The number of hydrogen-bond donors (Lipinski definition) is 2. The fourth-order valence-electron chi connectivity index (χ4n) is 2.54. The first-order valence-corrected chi connectivity index (χ1v) is 7.51. The van der Waals surface area contributed by atoms with Gasteiger partial charge in [0.2, 0.25) is 5.91 Å². The zero-order valence-electron chi connectivity index (χ0n) is 11.8. The average molecular weight is 342 g/mol. The summed E-state index contributed by atoms with van der Waals surface area (Å²) in [4.78, 5) is 17.0. The first-order valence-electron chi connectivity index (χ1n) is 6.72. The number of halogens is 1. The van der Waals surface area contributed by atoms with Crippen LogP contribution in [0.3, 0.4) is 0 Å². The molecule has 0 spiro atoms.